The van der Waals surface area contributed by atoms with Crippen LogP contribution in [0.5, 0.6) is 0 Å². The topological polar surface area (TPSA) is 70.5 Å². The molecule has 0 fully saturated rings. The van der Waals surface area contributed by atoms with Gasteiger partial charge in [-0.2, -0.15) is 0 Å². The van der Waals surface area contributed by atoms with Crippen molar-refractivity contribution in [2.45, 2.75) is 45.9 Å². The molecule has 0 aromatic heterocycles. The van der Waals surface area contributed by atoms with E-state index in [9.17, 15) is 0 Å². The molecule has 0 aliphatic carbocycles. The van der Waals surface area contributed by atoms with E-state index >= 15 is 0 Å². The lowest BCUT2D eigenvalue weighted by molar-refractivity contribution is 0.115. The minimum atomic E-state index is -0.105. The van der Waals surface area contributed by atoms with Gasteiger partial charge in [0.15, 0.2) is 0 Å². The van der Waals surface area contributed by atoms with Crippen LogP contribution < -0.4 is 11.5 Å². The van der Waals surface area contributed by atoms with Gasteiger partial charge in [-0.15, -0.1) is 0 Å². The average Bonchev–Trinajstić information content (AvgIpc) is 2.88. The van der Waals surface area contributed by atoms with Crippen molar-refractivity contribution in [2.24, 2.45) is 11.5 Å². The zero-order valence-electron chi connectivity index (χ0n) is 20.9. The Balaban J connectivity index is 0.00000199. The molecule has 4 nitrogen and oxygen atoms in total. The van der Waals surface area contributed by atoms with E-state index in [-0.39, 0.29) is 6.04 Å². The Bertz CT molecular complexity index is 1030. The van der Waals surface area contributed by atoms with Crippen molar-refractivity contribution in [1.29, 1.82) is 0 Å². The Morgan fingerprint density at radius 1 is 0.853 bits per heavy atom. The molecule has 0 aliphatic heterocycles. The Hall–Kier alpha value is -2.76. The van der Waals surface area contributed by atoms with Gasteiger partial charge >= 0.3 is 0 Å². The molecule has 0 saturated heterocycles. The van der Waals surface area contributed by atoms with Gasteiger partial charge < -0.3 is 20.9 Å². The average molecular weight is 461 g/mol. The van der Waals surface area contributed by atoms with Gasteiger partial charge in [0.05, 0.1) is 32.5 Å². The van der Waals surface area contributed by atoms with Crippen LogP contribution in [0.4, 0.5) is 0 Å². The fourth-order valence-corrected chi connectivity index (χ4v) is 3.72. The summed E-state index contributed by atoms with van der Waals surface area (Å²) in [5, 5.41) is 2.43. The molecule has 182 valence electrons. The fraction of sp³-hybridized carbons (Fsp3) is 0.333. The summed E-state index contributed by atoms with van der Waals surface area (Å²) in [5.41, 5.74) is 15.6. The third-order valence-corrected chi connectivity index (χ3v) is 5.41. The normalized spacial score (nSPS) is 12.6. The van der Waals surface area contributed by atoms with Gasteiger partial charge in [-0.05, 0) is 72.0 Å². The Kier molecular flexibility index (Phi) is 12.9. The van der Waals surface area contributed by atoms with Gasteiger partial charge in [0.2, 0.25) is 0 Å². The van der Waals surface area contributed by atoms with Gasteiger partial charge in [-0.3, -0.25) is 0 Å². The van der Waals surface area contributed by atoms with E-state index in [1.807, 2.05) is 19.1 Å². The number of fused-ring (bicyclic) bond motifs is 1. The Morgan fingerprint density at radius 3 is 2.12 bits per heavy atom. The van der Waals surface area contributed by atoms with Crippen molar-refractivity contribution in [3.63, 3.8) is 0 Å². The van der Waals surface area contributed by atoms with Crippen LogP contribution in [0, 0.1) is 0 Å². The summed E-state index contributed by atoms with van der Waals surface area (Å²) in [4.78, 5) is 0. The molecule has 0 radical (unpaired) electrons. The van der Waals surface area contributed by atoms with E-state index in [0.29, 0.717) is 19.8 Å². The van der Waals surface area contributed by atoms with Crippen LogP contribution in [0.2, 0.25) is 0 Å². The van der Waals surface area contributed by atoms with Crippen molar-refractivity contribution < 1.29 is 9.47 Å². The maximum absolute atomic E-state index is 6.30. The maximum Gasteiger partial charge on any atom is 0.0718 e. The molecule has 0 aliphatic rings. The Labute approximate surface area is 205 Å². The van der Waals surface area contributed by atoms with E-state index in [1.165, 1.54) is 28.9 Å². The molecule has 0 amide bonds. The van der Waals surface area contributed by atoms with Gasteiger partial charge in [-0.25, -0.2) is 0 Å². The lowest BCUT2D eigenvalue weighted by Gasteiger charge is -2.14. The predicted octanol–water partition coefficient (Wildman–Crippen LogP) is 5.93. The van der Waals surface area contributed by atoms with Gasteiger partial charge in [0, 0.05) is 0 Å². The number of allylic oxidation sites excluding steroid dienone is 2. The summed E-state index contributed by atoms with van der Waals surface area (Å²) in [7, 11) is 1.50. The Morgan fingerprint density at radius 2 is 1.50 bits per heavy atom. The highest BCUT2D eigenvalue weighted by atomic mass is 16.5. The zero-order chi connectivity index (χ0) is 24.6. The molecule has 4 N–H and O–H groups in total. The molecule has 0 saturated carbocycles. The van der Waals surface area contributed by atoms with E-state index < -0.39 is 0 Å². The molecular formula is C30H40N2O2. The monoisotopic (exact) mass is 460 g/mol. The third kappa shape index (κ3) is 9.24. The van der Waals surface area contributed by atoms with Crippen LogP contribution in [0.15, 0.2) is 90.5 Å². The number of benzene rings is 3. The van der Waals surface area contributed by atoms with E-state index in [1.54, 1.807) is 0 Å². The summed E-state index contributed by atoms with van der Waals surface area (Å²) >= 11 is 0. The summed E-state index contributed by atoms with van der Waals surface area (Å²) in [6.45, 7) is 6.53. The fourth-order valence-electron chi connectivity index (χ4n) is 3.72. The summed E-state index contributed by atoms with van der Waals surface area (Å²) in [6.07, 6.45) is 8.15. The lowest BCUT2D eigenvalue weighted by Crippen LogP contribution is -2.27. The van der Waals surface area contributed by atoms with E-state index in [0.717, 1.165) is 30.6 Å². The maximum atomic E-state index is 6.30. The molecule has 4 heteroatoms. The van der Waals surface area contributed by atoms with Crippen LogP contribution in [0.3, 0.4) is 0 Å². The van der Waals surface area contributed by atoms with Crippen LogP contribution in [-0.2, 0) is 29.1 Å². The minimum absolute atomic E-state index is 0.105. The number of ether oxygens (including phenoxy) is 2. The van der Waals surface area contributed by atoms with Crippen LogP contribution in [0.1, 0.15) is 37.0 Å². The summed E-state index contributed by atoms with van der Waals surface area (Å²) < 4.78 is 11.8. The molecule has 3 aromatic rings. The molecule has 1 atom stereocenters. The molecule has 3 rings (SSSR count). The molecule has 3 aromatic carbocycles. The highest BCUT2D eigenvalue weighted by Crippen LogP contribution is 2.19. The summed E-state index contributed by atoms with van der Waals surface area (Å²) in [6, 6.07) is 23.3. The quantitative estimate of drug-likeness (QED) is 0.260. The molecule has 0 bridgehead atoms. The molecule has 0 heterocycles. The number of nitrogens with two attached hydrogens (primary N) is 2. The summed E-state index contributed by atoms with van der Waals surface area (Å²) in [5.74, 6) is 0. The first kappa shape index (κ1) is 27.5. The van der Waals surface area contributed by atoms with Crippen LogP contribution in [0.25, 0.3) is 10.8 Å². The van der Waals surface area contributed by atoms with Crippen molar-refractivity contribution in [1.82, 2.24) is 0 Å². The zero-order valence-corrected chi connectivity index (χ0v) is 20.9. The van der Waals surface area contributed by atoms with Crippen molar-refractivity contribution >= 4 is 10.8 Å². The predicted molar refractivity (Wildman–Crippen MR) is 145 cm³/mol. The van der Waals surface area contributed by atoms with Crippen LogP contribution in [-0.4, -0.2) is 26.3 Å². The SMILES string of the molecule is C/C=C\C(=C/CC)C(N)COCc1ccc2ccc(COCCc3ccccc3)cc2c1.CN. The molecular weight excluding hydrogens is 420 g/mol. The second-order valence-electron chi connectivity index (χ2n) is 8.04. The number of hydrogen-bond donors (Lipinski definition) is 2. The van der Waals surface area contributed by atoms with E-state index in [4.69, 9.17) is 15.2 Å². The van der Waals surface area contributed by atoms with E-state index in [2.05, 4.69) is 85.5 Å². The second kappa shape index (κ2) is 16.0. The second-order valence-corrected chi connectivity index (χ2v) is 8.04. The smallest absolute Gasteiger partial charge is 0.0718 e. The lowest BCUT2D eigenvalue weighted by atomic mass is 10.0. The number of hydrogen-bond acceptors (Lipinski definition) is 4. The first-order valence-electron chi connectivity index (χ1n) is 12.1. The molecule has 1 unspecified atom stereocenters. The minimum Gasteiger partial charge on any atom is -0.376 e. The standard InChI is InChI=1S/C29H35NO2.CH5N/c1-3-8-27(9-4-2)29(30)22-32-21-25-13-15-26-14-12-24(18-28(26)19-25)20-31-17-16-23-10-6-5-7-11-23;1-2/h3,5-15,18-19,29H,4,16-17,20-22,30H2,1-2H3;2H2,1H3/b8-3-,27-9+;. The molecule has 34 heavy (non-hydrogen) atoms. The van der Waals surface area contributed by atoms with Crippen molar-refractivity contribution in [3.05, 3.63) is 107 Å². The first-order valence-corrected chi connectivity index (χ1v) is 12.1. The third-order valence-electron chi connectivity index (χ3n) is 5.41. The number of rotatable bonds is 12. The van der Waals surface area contributed by atoms with Crippen molar-refractivity contribution in [3.8, 4) is 0 Å². The first-order chi connectivity index (χ1) is 16.7. The molecule has 0 spiro atoms. The van der Waals surface area contributed by atoms with Gasteiger partial charge in [-0.1, -0.05) is 79.7 Å². The highest BCUT2D eigenvalue weighted by Gasteiger charge is 2.07. The van der Waals surface area contributed by atoms with Gasteiger partial charge in [0.25, 0.3) is 0 Å². The largest absolute Gasteiger partial charge is 0.376 e. The highest BCUT2D eigenvalue weighted by molar-refractivity contribution is 5.83. The van der Waals surface area contributed by atoms with Gasteiger partial charge in [0.1, 0.15) is 0 Å². The van der Waals surface area contributed by atoms with Crippen LogP contribution >= 0.6 is 0 Å². The van der Waals surface area contributed by atoms with Crippen molar-refractivity contribution in [2.75, 3.05) is 20.3 Å².